The van der Waals surface area contributed by atoms with E-state index in [1.807, 2.05) is 0 Å². The number of carbonyl (C=O) groups is 2. The standard InChI is InChI=1S/C17H23NO6S/c1-10-8-13(17(21)24-3)9-15(11(10)2)25(22,23)18-14-6-4-12(5-7-14)16(19)20/h8-9,12,14,18H,4-7H2,1-3H3,(H,19,20). The van der Waals surface area contributed by atoms with Crippen LogP contribution in [0.2, 0.25) is 0 Å². The van der Waals surface area contributed by atoms with E-state index in [4.69, 9.17) is 5.11 Å². The van der Waals surface area contributed by atoms with Gasteiger partial charge in [0.2, 0.25) is 10.0 Å². The molecule has 0 radical (unpaired) electrons. The average molecular weight is 369 g/mol. The monoisotopic (exact) mass is 369 g/mol. The van der Waals surface area contributed by atoms with Gasteiger partial charge in [-0.15, -0.1) is 0 Å². The number of aliphatic carboxylic acids is 1. The summed E-state index contributed by atoms with van der Waals surface area (Å²) in [5.41, 5.74) is 1.43. The van der Waals surface area contributed by atoms with E-state index in [9.17, 15) is 18.0 Å². The van der Waals surface area contributed by atoms with E-state index in [0.717, 1.165) is 0 Å². The number of rotatable bonds is 5. The summed E-state index contributed by atoms with van der Waals surface area (Å²) in [6, 6.07) is 2.61. The van der Waals surface area contributed by atoms with E-state index < -0.39 is 27.9 Å². The molecule has 1 fully saturated rings. The third kappa shape index (κ3) is 4.38. The molecule has 7 nitrogen and oxygen atoms in total. The van der Waals surface area contributed by atoms with E-state index >= 15 is 0 Å². The number of benzene rings is 1. The smallest absolute Gasteiger partial charge is 0.337 e. The van der Waals surface area contributed by atoms with Gasteiger partial charge in [-0.2, -0.15) is 0 Å². The number of methoxy groups -OCH3 is 1. The van der Waals surface area contributed by atoms with Crippen LogP contribution in [0.4, 0.5) is 0 Å². The summed E-state index contributed by atoms with van der Waals surface area (Å²) in [4.78, 5) is 22.8. The molecular weight excluding hydrogens is 346 g/mol. The molecule has 0 aromatic heterocycles. The Kier molecular flexibility index (Phi) is 5.84. The molecule has 2 N–H and O–H groups in total. The molecule has 0 amide bonds. The first kappa shape index (κ1) is 19.4. The van der Waals surface area contributed by atoms with Crippen molar-refractivity contribution in [2.45, 2.75) is 50.5 Å². The van der Waals surface area contributed by atoms with Crippen LogP contribution in [0.25, 0.3) is 0 Å². The molecule has 1 aromatic carbocycles. The van der Waals surface area contributed by atoms with Crippen LogP contribution in [0.3, 0.4) is 0 Å². The number of nitrogens with one attached hydrogen (secondary N) is 1. The van der Waals surface area contributed by atoms with Crippen molar-refractivity contribution < 1.29 is 27.9 Å². The first-order chi connectivity index (χ1) is 11.7. The number of carboxylic acid groups (broad SMARTS) is 1. The van der Waals surface area contributed by atoms with Crippen LogP contribution in [0.5, 0.6) is 0 Å². The Morgan fingerprint density at radius 3 is 2.28 bits per heavy atom. The quantitative estimate of drug-likeness (QED) is 0.768. The predicted octanol–water partition coefficient (Wildman–Crippen LogP) is 2.01. The lowest BCUT2D eigenvalue weighted by Gasteiger charge is -2.27. The Morgan fingerprint density at radius 1 is 1.16 bits per heavy atom. The second-order valence-electron chi connectivity index (χ2n) is 6.42. The van der Waals surface area contributed by atoms with Gasteiger partial charge in [-0.25, -0.2) is 17.9 Å². The van der Waals surface area contributed by atoms with Crippen LogP contribution >= 0.6 is 0 Å². The Bertz CT molecular complexity index is 779. The zero-order chi connectivity index (χ0) is 18.8. The highest BCUT2D eigenvalue weighted by molar-refractivity contribution is 7.89. The maximum absolute atomic E-state index is 12.8. The van der Waals surface area contributed by atoms with Gasteiger partial charge in [0.1, 0.15) is 0 Å². The Hall–Kier alpha value is -1.93. The van der Waals surface area contributed by atoms with Gasteiger partial charge in [-0.05, 0) is 62.8 Å². The molecule has 0 unspecified atom stereocenters. The largest absolute Gasteiger partial charge is 0.481 e. The predicted molar refractivity (Wildman–Crippen MR) is 91.0 cm³/mol. The van der Waals surface area contributed by atoms with Crippen LogP contribution in [-0.2, 0) is 19.6 Å². The summed E-state index contributed by atoms with van der Waals surface area (Å²) in [5.74, 6) is -1.84. The number of sulfonamides is 1. The molecule has 25 heavy (non-hydrogen) atoms. The SMILES string of the molecule is COC(=O)c1cc(C)c(C)c(S(=O)(=O)NC2CCC(C(=O)O)CC2)c1. The van der Waals surface area contributed by atoms with E-state index in [1.165, 1.54) is 13.2 Å². The van der Waals surface area contributed by atoms with Gasteiger partial charge in [-0.1, -0.05) is 0 Å². The van der Waals surface area contributed by atoms with Crippen LogP contribution < -0.4 is 4.72 Å². The molecule has 1 aliphatic carbocycles. The van der Waals surface area contributed by atoms with Crippen molar-refractivity contribution in [3.63, 3.8) is 0 Å². The van der Waals surface area contributed by atoms with E-state index in [2.05, 4.69) is 9.46 Å². The molecule has 0 spiro atoms. The minimum Gasteiger partial charge on any atom is -0.481 e. The highest BCUT2D eigenvalue weighted by Gasteiger charge is 2.30. The number of hydrogen-bond donors (Lipinski definition) is 2. The Balaban J connectivity index is 2.24. The highest BCUT2D eigenvalue weighted by Crippen LogP contribution is 2.27. The summed E-state index contributed by atoms with van der Waals surface area (Å²) >= 11 is 0. The first-order valence-corrected chi connectivity index (χ1v) is 9.58. The summed E-state index contributed by atoms with van der Waals surface area (Å²) in [6.07, 6.45) is 1.85. The van der Waals surface area contributed by atoms with Crippen LogP contribution in [0.15, 0.2) is 17.0 Å². The van der Waals surface area contributed by atoms with Gasteiger partial charge >= 0.3 is 11.9 Å². The van der Waals surface area contributed by atoms with Crippen molar-refractivity contribution in [2.24, 2.45) is 5.92 Å². The molecule has 1 aliphatic rings. The van der Waals surface area contributed by atoms with Crippen LogP contribution in [-0.4, -0.2) is 38.6 Å². The number of aryl methyl sites for hydroxylation is 1. The second-order valence-corrected chi connectivity index (χ2v) is 8.10. The fraction of sp³-hybridized carbons (Fsp3) is 0.529. The van der Waals surface area contributed by atoms with Crippen molar-refractivity contribution in [1.29, 1.82) is 0 Å². The molecular formula is C17H23NO6S. The third-order valence-electron chi connectivity index (χ3n) is 4.73. The van der Waals surface area contributed by atoms with Crippen molar-refractivity contribution in [2.75, 3.05) is 7.11 Å². The van der Waals surface area contributed by atoms with Crippen molar-refractivity contribution in [3.05, 3.63) is 28.8 Å². The van der Waals surface area contributed by atoms with Gasteiger partial charge in [0.05, 0.1) is 23.5 Å². The van der Waals surface area contributed by atoms with E-state index in [0.29, 0.717) is 36.8 Å². The molecule has 0 atom stereocenters. The maximum atomic E-state index is 12.8. The van der Waals surface area contributed by atoms with E-state index in [-0.39, 0.29) is 16.5 Å². The van der Waals surface area contributed by atoms with Crippen LogP contribution in [0.1, 0.15) is 47.2 Å². The van der Waals surface area contributed by atoms with E-state index in [1.54, 1.807) is 19.9 Å². The fourth-order valence-electron chi connectivity index (χ4n) is 3.08. The molecule has 1 saturated carbocycles. The molecule has 0 bridgehead atoms. The van der Waals surface area contributed by atoms with Gasteiger partial charge in [-0.3, -0.25) is 4.79 Å². The van der Waals surface area contributed by atoms with Gasteiger partial charge < -0.3 is 9.84 Å². The molecule has 138 valence electrons. The lowest BCUT2D eigenvalue weighted by atomic mass is 9.87. The van der Waals surface area contributed by atoms with Crippen molar-refractivity contribution >= 4 is 22.0 Å². The zero-order valence-corrected chi connectivity index (χ0v) is 15.4. The molecule has 0 saturated heterocycles. The molecule has 0 heterocycles. The normalized spacial score (nSPS) is 20.9. The Labute approximate surface area is 147 Å². The van der Waals surface area contributed by atoms with Crippen molar-refractivity contribution in [3.8, 4) is 0 Å². The number of carboxylic acids is 1. The molecule has 2 rings (SSSR count). The first-order valence-electron chi connectivity index (χ1n) is 8.10. The summed E-state index contributed by atoms with van der Waals surface area (Å²) in [7, 11) is -2.58. The van der Waals surface area contributed by atoms with Crippen molar-refractivity contribution in [1.82, 2.24) is 4.72 Å². The maximum Gasteiger partial charge on any atom is 0.337 e. The lowest BCUT2D eigenvalue weighted by molar-refractivity contribution is -0.142. The third-order valence-corrected chi connectivity index (χ3v) is 6.38. The summed E-state index contributed by atoms with van der Waals surface area (Å²) in [6.45, 7) is 3.42. The van der Waals surface area contributed by atoms with Gasteiger partial charge in [0.15, 0.2) is 0 Å². The molecule has 8 heteroatoms. The number of esters is 1. The molecule has 1 aromatic rings. The number of hydrogen-bond acceptors (Lipinski definition) is 5. The minimum absolute atomic E-state index is 0.0493. The number of carbonyl (C=O) groups excluding carboxylic acids is 1. The minimum atomic E-state index is -3.82. The van der Waals surface area contributed by atoms with Gasteiger partial charge in [0.25, 0.3) is 0 Å². The van der Waals surface area contributed by atoms with Crippen LogP contribution in [0, 0.1) is 19.8 Å². The summed E-state index contributed by atoms with van der Waals surface area (Å²) < 4.78 is 32.9. The topological polar surface area (TPSA) is 110 Å². The summed E-state index contributed by atoms with van der Waals surface area (Å²) in [5, 5.41) is 9.03. The highest BCUT2D eigenvalue weighted by atomic mass is 32.2. The lowest BCUT2D eigenvalue weighted by Crippen LogP contribution is -2.39. The second kappa shape index (κ2) is 7.53. The fourth-order valence-corrected chi connectivity index (χ4v) is 4.73. The van der Waals surface area contributed by atoms with Gasteiger partial charge in [0, 0.05) is 6.04 Å². The molecule has 0 aliphatic heterocycles. The number of ether oxygens (including phenoxy) is 1. The average Bonchev–Trinajstić information content (AvgIpc) is 2.56. The zero-order valence-electron chi connectivity index (χ0n) is 14.5. The Morgan fingerprint density at radius 2 is 1.76 bits per heavy atom.